The van der Waals surface area contributed by atoms with Crippen molar-refractivity contribution >= 4 is 8.15 Å². The predicted molar refractivity (Wildman–Crippen MR) is 85.5 cm³/mol. The maximum atomic E-state index is 6.10. The Morgan fingerprint density at radius 1 is 1.06 bits per heavy atom. The van der Waals surface area contributed by atoms with Crippen LogP contribution in [0.3, 0.4) is 0 Å². The van der Waals surface area contributed by atoms with Gasteiger partial charge in [0.25, 0.3) is 0 Å². The molecule has 1 nitrogen and oxygen atoms in total. The summed E-state index contributed by atoms with van der Waals surface area (Å²) in [4.78, 5) is 0. The summed E-state index contributed by atoms with van der Waals surface area (Å²) in [5.41, 5.74) is 0.550. The van der Waals surface area contributed by atoms with Gasteiger partial charge in [-0.05, 0) is 30.3 Å². The third-order valence-corrected chi connectivity index (χ3v) is 5.86. The first-order valence-electron chi connectivity index (χ1n) is 6.90. The zero-order valence-electron chi connectivity index (χ0n) is 13.8. The van der Waals surface area contributed by atoms with Gasteiger partial charge in [-0.15, -0.1) is 6.58 Å². The van der Waals surface area contributed by atoms with Crippen molar-refractivity contribution in [2.75, 3.05) is 13.3 Å². The molecule has 1 unspecified atom stereocenters. The van der Waals surface area contributed by atoms with Crippen LogP contribution in [0.4, 0.5) is 0 Å². The van der Waals surface area contributed by atoms with Gasteiger partial charge in [0.1, 0.15) is 0 Å². The Labute approximate surface area is 116 Å². The SMILES string of the molecule is C=CC(C)(C)CC(C)(C)P(C)OCCC(C)(C)C. The molecule has 0 N–H and O–H groups in total. The highest BCUT2D eigenvalue weighted by Gasteiger charge is 2.32. The van der Waals surface area contributed by atoms with Crippen LogP contribution in [0, 0.1) is 10.8 Å². The third-order valence-electron chi connectivity index (χ3n) is 3.43. The third kappa shape index (κ3) is 7.54. The number of rotatable bonds is 7. The second-order valence-electron chi connectivity index (χ2n) is 7.82. The Balaban J connectivity index is 4.30. The summed E-state index contributed by atoms with van der Waals surface area (Å²) in [6, 6.07) is 0. The minimum absolute atomic E-state index is 0.188. The van der Waals surface area contributed by atoms with Crippen LogP contribution in [0.15, 0.2) is 12.7 Å². The molecule has 0 aliphatic heterocycles. The van der Waals surface area contributed by atoms with Gasteiger partial charge in [0.2, 0.25) is 0 Å². The normalized spacial score (nSPS) is 15.6. The van der Waals surface area contributed by atoms with E-state index in [9.17, 15) is 0 Å². The molecular weight excluding hydrogens is 239 g/mol. The van der Waals surface area contributed by atoms with E-state index in [0.29, 0.717) is 5.41 Å². The highest BCUT2D eigenvalue weighted by Crippen LogP contribution is 2.52. The Bertz CT molecular complexity index is 261. The quantitative estimate of drug-likeness (QED) is 0.417. The van der Waals surface area contributed by atoms with Gasteiger partial charge < -0.3 is 4.52 Å². The highest BCUT2D eigenvalue weighted by molar-refractivity contribution is 7.53. The molecule has 2 heteroatoms. The molecule has 0 aliphatic rings. The second kappa shape index (κ2) is 6.53. The Kier molecular flexibility index (Phi) is 6.57. The molecule has 0 rings (SSSR count). The number of hydrogen-bond acceptors (Lipinski definition) is 1. The largest absolute Gasteiger partial charge is 0.359 e. The van der Waals surface area contributed by atoms with Crippen molar-refractivity contribution in [1.82, 2.24) is 0 Å². The molecule has 0 aliphatic carbocycles. The fraction of sp³-hybridized carbons (Fsp3) is 0.875. The topological polar surface area (TPSA) is 9.23 Å². The van der Waals surface area contributed by atoms with Crippen molar-refractivity contribution in [3.63, 3.8) is 0 Å². The van der Waals surface area contributed by atoms with E-state index in [0.717, 1.165) is 19.4 Å². The fourth-order valence-electron chi connectivity index (χ4n) is 1.96. The van der Waals surface area contributed by atoms with Crippen LogP contribution >= 0.6 is 8.15 Å². The minimum atomic E-state index is -0.395. The molecule has 0 bridgehead atoms. The van der Waals surface area contributed by atoms with Crippen molar-refractivity contribution in [1.29, 1.82) is 0 Å². The summed E-state index contributed by atoms with van der Waals surface area (Å²) in [6.45, 7) is 23.0. The molecule has 0 aromatic carbocycles. The molecular formula is C16H33OP. The van der Waals surface area contributed by atoms with E-state index in [1.807, 2.05) is 0 Å². The molecule has 18 heavy (non-hydrogen) atoms. The lowest BCUT2D eigenvalue weighted by atomic mass is 9.84. The summed E-state index contributed by atoms with van der Waals surface area (Å²) >= 11 is 0. The van der Waals surface area contributed by atoms with E-state index in [1.165, 1.54) is 0 Å². The molecule has 0 spiro atoms. The van der Waals surface area contributed by atoms with Crippen molar-refractivity contribution in [2.24, 2.45) is 10.8 Å². The monoisotopic (exact) mass is 272 g/mol. The zero-order valence-corrected chi connectivity index (χ0v) is 14.7. The molecule has 0 aromatic heterocycles. The molecule has 0 saturated heterocycles. The summed E-state index contributed by atoms with van der Waals surface area (Å²) in [5.74, 6) is 0. The van der Waals surface area contributed by atoms with Crippen LogP contribution in [0.2, 0.25) is 0 Å². The second-order valence-corrected chi connectivity index (χ2v) is 10.3. The van der Waals surface area contributed by atoms with Crippen LogP contribution in [0.5, 0.6) is 0 Å². The van der Waals surface area contributed by atoms with E-state index in [1.54, 1.807) is 0 Å². The highest BCUT2D eigenvalue weighted by atomic mass is 31.1. The van der Waals surface area contributed by atoms with Gasteiger partial charge in [-0.25, -0.2) is 0 Å². The Morgan fingerprint density at radius 3 is 1.94 bits per heavy atom. The standard InChI is InChI=1S/C16H33OP/c1-10-15(5,6)13-16(7,8)18(9)17-12-11-14(2,3)4/h10H,1,11-13H2,2-9H3. The molecule has 108 valence electrons. The van der Waals surface area contributed by atoms with Crippen molar-refractivity contribution in [3.05, 3.63) is 12.7 Å². The van der Waals surface area contributed by atoms with Gasteiger partial charge >= 0.3 is 0 Å². The lowest BCUT2D eigenvalue weighted by molar-refractivity contribution is 0.251. The smallest absolute Gasteiger partial charge is 0.0514 e. The summed E-state index contributed by atoms with van der Waals surface area (Å²) in [7, 11) is -0.395. The summed E-state index contributed by atoms with van der Waals surface area (Å²) in [5, 5.41) is 0.241. The lowest BCUT2D eigenvalue weighted by Crippen LogP contribution is -2.26. The van der Waals surface area contributed by atoms with Gasteiger partial charge in [0.15, 0.2) is 0 Å². The van der Waals surface area contributed by atoms with Crippen LogP contribution < -0.4 is 0 Å². The molecule has 0 saturated carbocycles. The van der Waals surface area contributed by atoms with Gasteiger partial charge in [-0.2, -0.15) is 0 Å². The zero-order chi connectivity index (χ0) is 14.6. The van der Waals surface area contributed by atoms with Crippen LogP contribution in [-0.4, -0.2) is 18.4 Å². The minimum Gasteiger partial charge on any atom is -0.359 e. The van der Waals surface area contributed by atoms with Crippen LogP contribution in [-0.2, 0) is 4.52 Å². The van der Waals surface area contributed by atoms with Crippen LogP contribution in [0.1, 0.15) is 61.3 Å². The first-order chi connectivity index (χ1) is 7.90. The molecule has 0 amide bonds. The molecule has 0 radical (unpaired) electrons. The van der Waals surface area contributed by atoms with Crippen molar-refractivity contribution in [2.45, 2.75) is 66.5 Å². The van der Waals surface area contributed by atoms with E-state index in [2.05, 4.69) is 67.8 Å². The Hall–Kier alpha value is 0.130. The average molecular weight is 272 g/mol. The Morgan fingerprint density at radius 2 is 1.56 bits per heavy atom. The fourth-order valence-corrected chi connectivity index (χ4v) is 3.31. The molecule has 0 aromatic rings. The first kappa shape index (κ1) is 18.1. The summed E-state index contributed by atoms with van der Waals surface area (Å²) in [6.07, 6.45) is 4.31. The van der Waals surface area contributed by atoms with Gasteiger partial charge in [-0.1, -0.05) is 54.5 Å². The average Bonchev–Trinajstić information content (AvgIpc) is 2.14. The molecule has 1 atom stereocenters. The van der Waals surface area contributed by atoms with E-state index < -0.39 is 8.15 Å². The van der Waals surface area contributed by atoms with Crippen LogP contribution in [0.25, 0.3) is 0 Å². The van der Waals surface area contributed by atoms with Crippen molar-refractivity contribution in [3.8, 4) is 0 Å². The molecule has 0 heterocycles. The lowest BCUT2D eigenvalue weighted by Gasteiger charge is -2.37. The van der Waals surface area contributed by atoms with Gasteiger partial charge in [-0.3, -0.25) is 0 Å². The van der Waals surface area contributed by atoms with E-state index in [-0.39, 0.29) is 10.6 Å². The number of hydrogen-bond donors (Lipinski definition) is 0. The predicted octanol–water partition coefficient (Wildman–Crippen LogP) is 5.85. The maximum absolute atomic E-state index is 6.10. The molecule has 0 fully saturated rings. The van der Waals surface area contributed by atoms with Gasteiger partial charge in [0.05, 0.1) is 6.61 Å². The van der Waals surface area contributed by atoms with E-state index in [4.69, 9.17) is 4.52 Å². The van der Waals surface area contributed by atoms with E-state index >= 15 is 0 Å². The number of allylic oxidation sites excluding steroid dienone is 1. The van der Waals surface area contributed by atoms with Crippen molar-refractivity contribution < 1.29 is 4.52 Å². The summed E-state index contributed by atoms with van der Waals surface area (Å²) < 4.78 is 6.10. The van der Waals surface area contributed by atoms with Gasteiger partial charge in [0, 0.05) is 13.3 Å². The first-order valence-corrected chi connectivity index (χ1v) is 8.61. The maximum Gasteiger partial charge on any atom is 0.0514 e.